The third-order valence-corrected chi connectivity index (χ3v) is 2.91. The zero-order valence-electron chi connectivity index (χ0n) is 9.97. The van der Waals surface area contributed by atoms with Gasteiger partial charge < -0.3 is 9.72 Å². The minimum absolute atomic E-state index is 0.333. The second kappa shape index (κ2) is 4.48. The van der Waals surface area contributed by atoms with E-state index < -0.39 is 16.9 Å². The van der Waals surface area contributed by atoms with E-state index in [1.807, 2.05) is 0 Å². The molecule has 0 bridgehead atoms. The van der Waals surface area contributed by atoms with Crippen LogP contribution in [0.3, 0.4) is 0 Å². The Labute approximate surface area is 103 Å². The van der Waals surface area contributed by atoms with Crippen molar-refractivity contribution < 1.29 is 14.5 Å². The molecule has 2 aromatic rings. The lowest BCUT2D eigenvalue weighted by Gasteiger charge is -2.05. The number of H-pyrrole nitrogens is 1. The number of esters is 1. The molecule has 18 heavy (non-hydrogen) atoms. The highest BCUT2D eigenvalue weighted by atomic mass is 16.6. The molecule has 2 rings (SSSR count). The van der Waals surface area contributed by atoms with Crippen molar-refractivity contribution >= 4 is 16.9 Å². The summed E-state index contributed by atoms with van der Waals surface area (Å²) in [5, 5.41) is 11.4. The summed E-state index contributed by atoms with van der Waals surface area (Å²) in [7, 11) is 1.28. The zero-order chi connectivity index (χ0) is 13.3. The molecule has 0 spiro atoms. The summed E-state index contributed by atoms with van der Waals surface area (Å²) in [6.45, 7) is 1.48. The first-order chi connectivity index (χ1) is 8.56. The Hall–Kier alpha value is -2.37. The molecule has 1 atom stereocenters. The molecule has 6 heteroatoms. The van der Waals surface area contributed by atoms with E-state index in [1.165, 1.54) is 14.0 Å². The van der Waals surface area contributed by atoms with Crippen LogP contribution in [0.2, 0.25) is 0 Å². The molecule has 0 saturated heterocycles. The Morgan fingerprint density at radius 3 is 2.83 bits per heavy atom. The highest BCUT2D eigenvalue weighted by Gasteiger charge is 2.24. The highest BCUT2D eigenvalue weighted by Crippen LogP contribution is 2.29. The van der Waals surface area contributed by atoms with Gasteiger partial charge in [-0.1, -0.05) is 6.07 Å². The van der Waals surface area contributed by atoms with Crippen molar-refractivity contribution in [3.05, 3.63) is 45.6 Å². The number of fused-ring (bicyclic) bond motifs is 1. The van der Waals surface area contributed by atoms with Crippen LogP contribution in [0, 0.1) is 10.1 Å². The predicted molar refractivity (Wildman–Crippen MR) is 65.0 cm³/mol. The third kappa shape index (κ3) is 1.81. The summed E-state index contributed by atoms with van der Waals surface area (Å²) in [6, 6.07) is 4.17. The van der Waals surface area contributed by atoms with Gasteiger partial charge in [0.05, 0.1) is 18.2 Å². The number of aromatic amines is 1. The van der Waals surface area contributed by atoms with Gasteiger partial charge >= 0.3 is 5.97 Å². The fourth-order valence-electron chi connectivity index (χ4n) is 1.93. The van der Waals surface area contributed by atoms with Gasteiger partial charge in [-0.05, 0) is 12.1 Å². The van der Waals surface area contributed by atoms with Gasteiger partial charge in [-0.2, -0.15) is 0 Å². The first kappa shape index (κ1) is 12.1. The normalized spacial score (nSPS) is 12.3. The maximum atomic E-state index is 11.7. The topological polar surface area (TPSA) is 85.2 Å². The van der Waals surface area contributed by atoms with Gasteiger partial charge in [0.2, 0.25) is 6.04 Å². The van der Waals surface area contributed by atoms with Crippen molar-refractivity contribution in [2.75, 3.05) is 7.11 Å². The van der Waals surface area contributed by atoms with Crippen LogP contribution >= 0.6 is 0 Å². The van der Waals surface area contributed by atoms with Gasteiger partial charge in [0.25, 0.3) is 0 Å². The SMILES string of the molecule is COC(=O)c1cccc2[nH]cc(C(C)[N+](=O)[O-])c12. The van der Waals surface area contributed by atoms with Crippen LogP contribution < -0.4 is 0 Å². The number of carbonyl (C=O) groups is 1. The highest BCUT2D eigenvalue weighted by molar-refractivity contribution is 6.05. The minimum atomic E-state index is -0.885. The van der Waals surface area contributed by atoms with Gasteiger partial charge in [0.15, 0.2) is 0 Å². The predicted octanol–water partition coefficient (Wildman–Crippen LogP) is 2.29. The molecule has 0 fully saturated rings. The average Bonchev–Trinajstić information content (AvgIpc) is 2.80. The number of ether oxygens (including phenoxy) is 1. The van der Waals surface area contributed by atoms with Crippen LogP contribution in [-0.4, -0.2) is 23.0 Å². The van der Waals surface area contributed by atoms with E-state index in [0.29, 0.717) is 22.0 Å². The molecule has 0 radical (unpaired) electrons. The van der Waals surface area contributed by atoms with E-state index in [4.69, 9.17) is 0 Å². The number of nitrogens with one attached hydrogen (secondary N) is 1. The third-order valence-electron chi connectivity index (χ3n) is 2.91. The molecule has 0 amide bonds. The molecular weight excluding hydrogens is 236 g/mol. The number of carbonyl (C=O) groups excluding carboxylic acids is 1. The number of aromatic nitrogens is 1. The first-order valence-corrected chi connectivity index (χ1v) is 5.38. The van der Waals surface area contributed by atoms with Crippen molar-refractivity contribution in [3.8, 4) is 0 Å². The molecule has 1 heterocycles. The zero-order valence-corrected chi connectivity index (χ0v) is 9.97. The molecule has 1 N–H and O–H groups in total. The van der Waals surface area contributed by atoms with Gasteiger partial charge in [0, 0.05) is 28.9 Å². The van der Waals surface area contributed by atoms with Crippen molar-refractivity contribution in [1.29, 1.82) is 0 Å². The maximum absolute atomic E-state index is 11.7. The number of nitro groups is 1. The Morgan fingerprint density at radius 1 is 1.50 bits per heavy atom. The number of nitrogens with zero attached hydrogens (tertiary/aromatic N) is 1. The van der Waals surface area contributed by atoms with E-state index in [2.05, 4.69) is 9.72 Å². The summed E-state index contributed by atoms with van der Waals surface area (Å²) in [6.07, 6.45) is 1.56. The summed E-state index contributed by atoms with van der Waals surface area (Å²) in [5.41, 5.74) is 1.50. The maximum Gasteiger partial charge on any atom is 0.338 e. The largest absolute Gasteiger partial charge is 0.465 e. The lowest BCUT2D eigenvalue weighted by molar-refractivity contribution is -0.524. The van der Waals surface area contributed by atoms with Gasteiger partial charge in [-0.15, -0.1) is 0 Å². The van der Waals surface area contributed by atoms with Crippen molar-refractivity contribution in [1.82, 2.24) is 4.98 Å². The summed E-state index contributed by atoms with van der Waals surface area (Å²) in [4.78, 5) is 25.1. The summed E-state index contributed by atoms with van der Waals surface area (Å²) in [5.74, 6) is -0.503. The van der Waals surface area contributed by atoms with Crippen molar-refractivity contribution in [2.45, 2.75) is 13.0 Å². The van der Waals surface area contributed by atoms with Crippen LogP contribution in [0.15, 0.2) is 24.4 Å². The first-order valence-electron chi connectivity index (χ1n) is 5.38. The van der Waals surface area contributed by atoms with E-state index >= 15 is 0 Å². The molecule has 0 aliphatic carbocycles. The molecule has 1 aromatic carbocycles. The Morgan fingerprint density at radius 2 is 2.22 bits per heavy atom. The molecule has 0 aliphatic heterocycles. The quantitative estimate of drug-likeness (QED) is 0.513. The van der Waals surface area contributed by atoms with Gasteiger partial charge in [0.1, 0.15) is 0 Å². The number of methoxy groups -OCH3 is 1. The molecule has 1 unspecified atom stereocenters. The molecule has 6 nitrogen and oxygen atoms in total. The number of rotatable bonds is 3. The Balaban J connectivity index is 2.69. The van der Waals surface area contributed by atoms with Crippen LogP contribution in [-0.2, 0) is 4.74 Å². The lowest BCUT2D eigenvalue weighted by Crippen LogP contribution is -2.07. The molecule has 1 aromatic heterocycles. The van der Waals surface area contributed by atoms with Crippen LogP contribution in [0.5, 0.6) is 0 Å². The minimum Gasteiger partial charge on any atom is -0.465 e. The number of benzene rings is 1. The fourth-order valence-corrected chi connectivity index (χ4v) is 1.93. The number of hydrogen-bond donors (Lipinski definition) is 1. The average molecular weight is 248 g/mol. The van der Waals surface area contributed by atoms with E-state index in [1.54, 1.807) is 24.4 Å². The Kier molecular flexibility index (Phi) is 3.01. The second-order valence-electron chi connectivity index (χ2n) is 3.93. The fraction of sp³-hybridized carbons (Fsp3) is 0.250. The van der Waals surface area contributed by atoms with Gasteiger partial charge in [-0.25, -0.2) is 4.79 Å². The Bertz CT molecular complexity index is 618. The monoisotopic (exact) mass is 248 g/mol. The van der Waals surface area contributed by atoms with E-state index in [-0.39, 0.29) is 0 Å². The van der Waals surface area contributed by atoms with E-state index in [9.17, 15) is 14.9 Å². The standard InChI is InChI=1S/C12H12N2O4/c1-7(14(16)17)9-6-13-10-5-3-4-8(11(9)10)12(15)18-2/h3-7,13H,1-2H3. The van der Waals surface area contributed by atoms with Crippen LogP contribution in [0.1, 0.15) is 28.9 Å². The van der Waals surface area contributed by atoms with Gasteiger partial charge in [-0.3, -0.25) is 10.1 Å². The molecule has 94 valence electrons. The van der Waals surface area contributed by atoms with Crippen molar-refractivity contribution in [2.24, 2.45) is 0 Å². The molecule has 0 saturated carbocycles. The van der Waals surface area contributed by atoms with Crippen LogP contribution in [0.25, 0.3) is 10.9 Å². The van der Waals surface area contributed by atoms with E-state index in [0.717, 1.165) is 0 Å². The number of hydrogen-bond acceptors (Lipinski definition) is 4. The summed E-state index contributed by atoms with van der Waals surface area (Å²) < 4.78 is 4.69. The lowest BCUT2D eigenvalue weighted by atomic mass is 10.0. The molecule has 0 aliphatic rings. The smallest absolute Gasteiger partial charge is 0.338 e. The van der Waals surface area contributed by atoms with Crippen LogP contribution in [0.4, 0.5) is 0 Å². The second-order valence-corrected chi connectivity index (χ2v) is 3.93. The van der Waals surface area contributed by atoms with Crippen molar-refractivity contribution in [3.63, 3.8) is 0 Å². The molecular formula is C12H12N2O4. The summed E-state index contributed by atoms with van der Waals surface area (Å²) >= 11 is 0.